The molecule has 1 saturated heterocycles. The first kappa shape index (κ1) is 15.5. The Labute approximate surface area is 135 Å². The highest BCUT2D eigenvalue weighted by atomic mass is 19.1. The van der Waals surface area contributed by atoms with Gasteiger partial charge in [0, 0.05) is 19.3 Å². The first-order valence-corrected chi connectivity index (χ1v) is 7.99. The van der Waals surface area contributed by atoms with Crippen molar-refractivity contribution >= 4 is 17.3 Å². The van der Waals surface area contributed by atoms with E-state index in [1.165, 1.54) is 6.07 Å². The van der Waals surface area contributed by atoms with Gasteiger partial charge in [0.15, 0.2) is 0 Å². The molecule has 2 heterocycles. The van der Waals surface area contributed by atoms with Crippen LogP contribution < -0.4 is 10.2 Å². The zero-order valence-electron chi connectivity index (χ0n) is 13.2. The van der Waals surface area contributed by atoms with Gasteiger partial charge in [-0.1, -0.05) is 19.1 Å². The topological polar surface area (TPSA) is 45.2 Å². The molecule has 1 aliphatic heterocycles. The Kier molecular flexibility index (Phi) is 4.55. The molecule has 1 N–H and O–H groups in total. The van der Waals surface area contributed by atoms with E-state index in [0.29, 0.717) is 12.1 Å². The molecular weight excluding hydrogens is 293 g/mol. The lowest BCUT2D eigenvalue weighted by Gasteiger charge is -2.22. The highest BCUT2D eigenvalue weighted by Gasteiger charge is 2.21. The van der Waals surface area contributed by atoms with Gasteiger partial charge in [-0.05, 0) is 43.0 Å². The van der Waals surface area contributed by atoms with Gasteiger partial charge in [-0.2, -0.15) is 0 Å². The normalized spacial score (nSPS) is 14.1. The highest BCUT2D eigenvalue weighted by Crippen LogP contribution is 2.31. The molecule has 4 nitrogen and oxygen atoms in total. The van der Waals surface area contributed by atoms with Gasteiger partial charge < -0.3 is 10.2 Å². The van der Waals surface area contributed by atoms with Crippen LogP contribution in [0.15, 0.2) is 36.5 Å². The van der Waals surface area contributed by atoms with Gasteiger partial charge in [0.25, 0.3) is 5.91 Å². The van der Waals surface area contributed by atoms with E-state index in [0.717, 1.165) is 37.2 Å². The number of rotatable bonds is 4. The number of hydrogen-bond donors (Lipinski definition) is 1. The van der Waals surface area contributed by atoms with Gasteiger partial charge in [0.2, 0.25) is 0 Å². The molecule has 0 aliphatic carbocycles. The molecule has 3 rings (SSSR count). The molecule has 120 valence electrons. The van der Waals surface area contributed by atoms with Crippen LogP contribution in [0.1, 0.15) is 35.8 Å². The second-order valence-electron chi connectivity index (χ2n) is 5.65. The van der Waals surface area contributed by atoms with Crippen molar-refractivity contribution in [3.05, 3.63) is 53.6 Å². The maximum Gasteiger partial charge on any atom is 0.274 e. The van der Waals surface area contributed by atoms with Crippen molar-refractivity contribution in [2.75, 3.05) is 23.3 Å². The van der Waals surface area contributed by atoms with Crippen LogP contribution >= 0.6 is 0 Å². The third-order valence-electron chi connectivity index (χ3n) is 4.16. The molecule has 23 heavy (non-hydrogen) atoms. The minimum absolute atomic E-state index is 0.243. The molecule has 2 aromatic rings. The van der Waals surface area contributed by atoms with Crippen LogP contribution in [0.25, 0.3) is 0 Å². The third kappa shape index (κ3) is 3.18. The average molecular weight is 313 g/mol. The number of halogens is 1. The number of para-hydroxylation sites is 1. The van der Waals surface area contributed by atoms with Crippen molar-refractivity contribution in [2.24, 2.45) is 0 Å². The van der Waals surface area contributed by atoms with Crippen molar-refractivity contribution in [3.8, 4) is 0 Å². The lowest BCUT2D eigenvalue weighted by Crippen LogP contribution is -2.23. The van der Waals surface area contributed by atoms with Crippen LogP contribution in [-0.4, -0.2) is 24.0 Å². The molecule has 0 saturated carbocycles. The summed E-state index contributed by atoms with van der Waals surface area (Å²) in [6, 6.07) is 8.56. The number of nitrogens with zero attached hydrogens (tertiary/aromatic N) is 2. The number of anilines is 2. The molecular formula is C18H20FN3O. The lowest BCUT2D eigenvalue weighted by atomic mass is 10.1. The summed E-state index contributed by atoms with van der Waals surface area (Å²) in [4.78, 5) is 18.8. The van der Waals surface area contributed by atoms with Crippen LogP contribution in [0.4, 0.5) is 15.8 Å². The number of aryl methyl sites for hydroxylation is 1. The quantitative estimate of drug-likeness (QED) is 0.937. The van der Waals surface area contributed by atoms with Crippen LogP contribution in [0.3, 0.4) is 0 Å². The Morgan fingerprint density at radius 1 is 1.26 bits per heavy atom. The predicted octanol–water partition coefficient (Wildman–Crippen LogP) is 3.64. The number of nitrogens with one attached hydrogen (secondary N) is 1. The Hall–Kier alpha value is -2.43. The van der Waals surface area contributed by atoms with E-state index in [1.54, 1.807) is 18.3 Å². The van der Waals surface area contributed by atoms with E-state index >= 15 is 0 Å². The van der Waals surface area contributed by atoms with Crippen molar-refractivity contribution in [1.82, 2.24) is 4.98 Å². The minimum Gasteiger partial charge on any atom is -0.370 e. The third-order valence-corrected chi connectivity index (χ3v) is 4.16. The number of benzene rings is 1. The summed E-state index contributed by atoms with van der Waals surface area (Å²) in [5.74, 6) is -0.787. The molecule has 1 amide bonds. The molecule has 0 bridgehead atoms. The molecule has 0 atom stereocenters. The summed E-state index contributed by atoms with van der Waals surface area (Å²) in [5, 5.41) is 2.73. The van der Waals surface area contributed by atoms with E-state index in [4.69, 9.17) is 0 Å². The average Bonchev–Trinajstić information content (AvgIpc) is 3.11. The zero-order valence-corrected chi connectivity index (χ0v) is 13.2. The van der Waals surface area contributed by atoms with Crippen LogP contribution in [0.2, 0.25) is 0 Å². The van der Waals surface area contributed by atoms with Crippen LogP contribution in [0, 0.1) is 5.82 Å². The number of pyridine rings is 1. The van der Waals surface area contributed by atoms with Crippen LogP contribution in [-0.2, 0) is 6.42 Å². The van der Waals surface area contributed by atoms with E-state index in [1.807, 2.05) is 19.1 Å². The van der Waals surface area contributed by atoms with Crippen molar-refractivity contribution in [2.45, 2.75) is 26.2 Å². The molecule has 1 fully saturated rings. The minimum atomic E-state index is -0.420. The number of aromatic nitrogens is 1. The molecule has 0 unspecified atom stereocenters. The van der Waals surface area contributed by atoms with Gasteiger partial charge in [-0.15, -0.1) is 0 Å². The van der Waals surface area contributed by atoms with Gasteiger partial charge in [0.1, 0.15) is 17.2 Å². The summed E-state index contributed by atoms with van der Waals surface area (Å²) in [6.07, 6.45) is 4.46. The monoisotopic (exact) mass is 313 g/mol. The van der Waals surface area contributed by atoms with Gasteiger partial charge in [-0.25, -0.2) is 4.39 Å². The Morgan fingerprint density at radius 3 is 2.78 bits per heavy atom. The van der Waals surface area contributed by atoms with Gasteiger partial charge in [-0.3, -0.25) is 9.78 Å². The molecule has 1 aliphatic rings. The van der Waals surface area contributed by atoms with Crippen molar-refractivity contribution < 1.29 is 9.18 Å². The second-order valence-corrected chi connectivity index (χ2v) is 5.65. The Bertz CT molecular complexity index is 711. The number of carbonyl (C=O) groups is 1. The number of hydrogen-bond acceptors (Lipinski definition) is 3. The van der Waals surface area contributed by atoms with Crippen LogP contribution in [0.5, 0.6) is 0 Å². The smallest absolute Gasteiger partial charge is 0.274 e. The molecule has 0 radical (unpaired) electrons. The molecule has 1 aromatic heterocycles. The van der Waals surface area contributed by atoms with E-state index in [-0.39, 0.29) is 11.6 Å². The maximum absolute atomic E-state index is 14.3. The fraction of sp³-hybridized carbons (Fsp3) is 0.333. The number of amides is 1. The molecule has 0 spiro atoms. The van der Waals surface area contributed by atoms with E-state index in [2.05, 4.69) is 15.2 Å². The number of carbonyl (C=O) groups excluding carboxylic acids is 1. The van der Waals surface area contributed by atoms with E-state index in [9.17, 15) is 9.18 Å². The highest BCUT2D eigenvalue weighted by molar-refractivity contribution is 6.05. The lowest BCUT2D eigenvalue weighted by molar-refractivity contribution is 0.102. The SMILES string of the molecule is CCc1cccnc1C(=O)Nc1c(F)cccc1N1CCCC1. The van der Waals surface area contributed by atoms with Crippen molar-refractivity contribution in [1.29, 1.82) is 0 Å². The molecule has 1 aromatic carbocycles. The van der Waals surface area contributed by atoms with Gasteiger partial charge >= 0.3 is 0 Å². The summed E-state index contributed by atoms with van der Waals surface area (Å²) in [7, 11) is 0. The largest absolute Gasteiger partial charge is 0.370 e. The van der Waals surface area contributed by atoms with Gasteiger partial charge in [0.05, 0.1) is 5.69 Å². The zero-order chi connectivity index (χ0) is 16.2. The fourth-order valence-corrected chi connectivity index (χ4v) is 2.96. The van der Waals surface area contributed by atoms with Crippen molar-refractivity contribution in [3.63, 3.8) is 0 Å². The standard InChI is InChI=1S/C18H20FN3O/c1-2-13-7-6-10-20-16(13)18(23)21-17-14(19)8-5-9-15(17)22-11-3-4-12-22/h5-10H,2-4,11-12H2,1H3,(H,21,23). The Morgan fingerprint density at radius 2 is 2.04 bits per heavy atom. The molecule has 5 heteroatoms. The first-order chi connectivity index (χ1) is 11.2. The maximum atomic E-state index is 14.3. The fourth-order valence-electron chi connectivity index (χ4n) is 2.96. The van der Waals surface area contributed by atoms with E-state index < -0.39 is 5.82 Å². The Balaban J connectivity index is 1.91. The summed E-state index contributed by atoms with van der Waals surface area (Å²) < 4.78 is 14.3. The summed E-state index contributed by atoms with van der Waals surface area (Å²) >= 11 is 0. The first-order valence-electron chi connectivity index (χ1n) is 7.99. The predicted molar refractivity (Wildman–Crippen MR) is 89.4 cm³/mol. The summed E-state index contributed by atoms with van der Waals surface area (Å²) in [6.45, 7) is 3.73. The second kappa shape index (κ2) is 6.77. The summed E-state index contributed by atoms with van der Waals surface area (Å²) in [5.41, 5.74) is 2.19.